The Kier molecular flexibility index (Phi) is 5.88. The number of nitrogens with two attached hydrogens (primary N) is 1. The Balaban J connectivity index is 3.03. The van der Waals surface area contributed by atoms with Crippen molar-refractivity contribution in [2.45, 2.75) is 12.8 Å². The molecule has 0 aromatic heterocycles. The van der Waals surface area contributed by atoms with E-state index in [1.807, 2.05) is 0 Å². The van der Waals surface area contributed by atoms with E-state index in [-0.39, 0.29) is 0 Å². The Labute approximate surface area is 62.4 Å². The molecular formula is C8H15NO. The monoisotopic (exact) mass is 141 g/mol. The van der Waals surface area contributed by atoms with Gasteiger partial charge in [-0.25, -0.2) is 0 Å². The second kappa shape index (κ2) is 6.36. The van der Waals surface area contributed by atoms with Crippen LogP contribution in [0.5, 0.6) is 0 Å². The van der Waals surface area contributed by atoms with Crippen LogP contribution < -0.4 is 5.73 Å². The summed E-state index contributed by atoms with van der Waals surface area (Å²) in [4.78, 5) is 0. The van der Waals surface area contributed by atoms with Gasteiger partial charge in [-0.1, -0.05) is 13.2 Å². The molecule has 58 valence electrons. The van der Waals surface area contributed by atoms with Crippen LogP contribution in [0.4, 0.5) is 0 Å². The highest BCUT2D eigenvalue weighted by Gasteiger charge is 1.87. The fourth-order valence-electron chi connectivity index (χ4n) is 0.509. The van der Waals surface area contributed by atoms with Crippen LogP contribution in [0.1, 0.15) is 12.8 Å². The molecule has 0 spiro atoms. The second-order valence-electron chi connectivity index (χ2n) is 2.01. The Morgan fingerprint density at radius 1 is 1.50 bits per heavy atom. The molecular weight excluding hydrogens is 126 g/mol. The third-order valence-electron chi connectivity index (χ3n) is 1.11. The molecule has 0 fully saturated rings. The molecule has 0 aliphatic carbocycles. The summed E-state index contributed by atoms with van der Waals surface area (Å²) in [6, 6.07) is 0. The normalized spacial score (nSPS) is 8.90. The van der Waals surface area contributed by atoms with Crippen molar-refractivity contribution in [1.29, 1.82) is 0 Å². The van der Waals surface area contributed by atoms with Crippen molar-refractivity contribution in [3.05, 3.63) is 25.0 Å². The van der Waals surface area contributed by atoms with E-state index in [0.29, 0.717) is 12.4 Å². The molecule has 0 aromatic rings. The molecule has 0 unspecified atom stereocenters. The number of rotatable bonds is 6. The van der Waals surface area contributed by atoms with Crippen LogP contribution in [0.15, 0.2) is 25.0 Å². The molecule has 0 radical (unpaired) electrons. The minimum Gasteiger partial charge on any atom is -0.494 e. The summed E-state index contributed by atoms with van der Waals surface area (Å²) in [5.74, 6) is 0.636. The molecule has 0 aromatic carbocycles. The number of ether oxygens (including phenoxy) is 1. The first-order valence-corrected chi connectivity index (χ1v) is 3.45. The van der Waals surface area contributed by atoms with Crippen molar-refractivity contribution in [3.8, 4) is 0 Å². The van der Waals surface area contributed by atoms with Gasteiger partial charge < -0.3 is 10.5 Å². The first-order valence-electron chi connectivity index (χ1n) is 3.45. The second-order valence-corrected chi connectivity index (χ2v) is 2.01. The van der Waals surface area contributed by atoms with Crippen LogP contribution in [-0.2, 0) is 4.74 Å². The van der Waals surface area contributed by atoms with E-state index in [9.17, 15) is 0 Å². The van der Waals surface area contributed by atoms with Crippen molar-refractivity contribution in [1.82, 2.24) is 0 Å². The van der Waals surface area contributed by atoms with Gasteiger partial charge in [-0.05, 0) is 25.5 Å². The highest BCUT2D eigenvalue weighted by atomic mass is 16.5. The van der Waals surface area contributed by atoms with E-state index in [4.69, 9.17) is 10.5 Å². The number of hydrogen-bond donors (Lipinski definition) is 1. The highest BCUT2D eigenvalue weighted by molar-refractivity contribution is 5.01. The SMILES string of the molecule is C=CC(=C)OCCCCN. The Hall–Kier alpha value is -0.760. The molecule has 0 aliphatic heterocycles. The molecule has 0 amide bonds. The van der Waals surface area contributed by atoms with Crippen molar-refractivity contribution in [2.24, 2.45) is 5.73 Å². The number of unbranched alkanes of at least 4 members (excludes halogenated alkanes) is 1. The van der Waals surface area contributed by atoms with E-state index in [2.05, 4.69) is 13.2 Å². The Morgan fingerprint density at radius 2 is 2.20 bits per heavy atom. The van der Waals surface area contributed by atoms with Crippen molar-refractivity contribution in [3.63, 3.8) is 0 Å². The van der Waals surface area contributed by atoms with Crippen molar-refractivity contribution in [2.75, 3.05) is 13.2 Å². The summed E-state index contributed by atoms with van der Waals surface area (Å²) in [7, 11) is 0. The van der Waals surface area contributed by atoms with Gasteiger partial charge in [-0.3, -0.25) is 0 Å². The van der Waals surface area contributed by atoms with Gasteiger partial charge in [0.25, 0.3) is 0 Å². The van der Waals surface area contributed by atoms with Crippen LogP contribution in [0.3, 0.4) is 0 Å². The topological polar surface area (TPSA) is 35.2 Å². The Bertz CT molecular complexity index is 110. The third kappa shape index (κ3) is 5.38. The average Bonchev–Trinajstić information content (AvgIpc) is 1.98. The molecule has 0 saturated carbocycles. The van der Waals surface area contributed by atoms with Gasteiger partial charge in [0.1, 0.15) is 5.76 Å². The zero-order chi connectivity index (χ0) is 7.82. The Morgan fingerprint density at radius 3 is 2.70 bits per heavy atom. The summed E-state index contributed by atoms with van der Waals surface area (Å²) in [6.45, 7) is 8.53. The minimum absolute atomic E-state index is 0.636. The van der Waals surface area contributed by atoms with E-state index in [0.717, 1.165) is 19.4 Å². The smallest absolute Gasteiger partial charge is 0.111 e. The average molecular weight is 141 g/mol. The molecule has 0 bridgehead atoms. The lowest BCUT2D eigenvalue weighted by Crippen LogP contribution is -2.00. The largest absolute Gasteiger partial charge is 0.494 e. The van der Waals surface area contributed by atoms with E-state index in [1.165, 1.54) is 0 Å². The summed E-state index contributed by atoms with van der Waals surface area (Å²) >= 11 is 0. The molecule has 0 aliphatic rings. The van der Waals surface area contributed by atoms with Crippen molar-refractivity contribution < 1.29 is 4.74 Å². The van der Waals surface area contributed by atoms with Gasteiger partial charge in [0.2, 0.25) is 0 Å². The van der Waals surface area contributed by atoms with E-state index < -0.39 is 0 Å². The molecule has 10 heavy (non-hydrogen) atoms. The molecule has 0 heterocycles. The van der Waals surface area contributed by atoms with Gasteiger partial charge in [0.05, 0.1) is 6.61 Å². The zero-order valence-electron chi connectivity index (χ0n) is 6.31. The van der Waals surface area contributed by atoms with Gasteiger partial charge >= 0.3 is 0 Å². The van der Waals surface area contributed by atoms with E-state index >= 15 is 0 Å². The van der Waals surface area contributed by atoms with Crippen LogP contribution in [0, 0.1) is 0 Å². The third-order valence-corrected chi connectivity index (χ3v) is 1.11. The minimum atomic E-state index is 0.636. The molecule has 2 nitrogen and oxygen atoms in total. The molecule has 2 heteroatoms. The van der Waals surface area contributed by atoms with Crippen LogP contribution in [0.2, 0.25) is 0 Å². The maximum atomic E-state index is 5.28. The fraction of sp³-hybridized carbons (Fsp3) is 0.500. The van der Waals surface area contributed by atoms with Gasteiger partial charge in [0.15, 0.2) is 0 Å². The summed E-state index contributed by atoms with van der Waals surface area (Å²) in [5, 5.41) is 0. The predicted molar refractivity (Wildman–Crippen MR) is 43.6 cm³/mol. The molecule has 2 N–H and O–H groups in total. The van der Waals surface area contributed by atoms with Crippen LogP contribution in [0.25, 0.3) is 0 Å². The van der Waals surface area contributed by atoms with Gasteiger partial charge in [0, 0.05) is 0 Å². The summed E-state index contributed by atoms with van der Waals surface area (Å²) in [6.07, 6.45) is 3.59. The maximum Gasteiger partial charge on any atom is 0.111 e. The standard InChI is InChI=1S/C8H15NO/c1-3-8(2)10-7-5-4-6-9/h3H,1-2,4-7,9H2. The molecule has 0 atom stereocenters. The van der Waals surface area contributed by atoms with Crippen molar-refractivity contribution >= 4 is 0 Å². The first kappa shape index (κ1) is 9.24. The fourth-order valence-corrected chi connectivity index (χ4v) is 0.509. The first-order chi connectivity index (χ1) is 4.81. The lowest BCUT2D eigenvalue weighted by molar-refractivity contribution is 0.220. The maximum absolute atomic E-state index is 5.28. The highest BCUT2D eigenvalue weighted by Crippen LogP contribution is 1.96. The van der Waals surface area contributed by atoms with Gasteiger partial charge in [-0.2, -0.15) is 0 Å². The summed E-state index contributed by atoms with van der Waals surface area (Å²) < 4.78 is 5.13. The zero-order valence-corrected chi connectivity index (χ0v) is 6.31. The number of hydrogen-bond acceptors (Lipinski definition) is 2. The summed E-state index contributed by atoms with van der Waals surface area (Å²) in [5.41, 5.74) is 5.28. The lowest BCUT2D eigenvalue weighted by Gasteiger charge is -2.03. The lowest BCUT2D eigenvalue weighted by atomic mass is 10.3. The van der Waals surface area contributed by atoms with Crippen LogP contribution >= 0.6 is 0 Å². The predicted octanol–water partition coefficient (Wildman–Crippen LogP) is 1.44. The number of allylic oxidation sites excluding steroid dienone is 1. The molecule has 0 rings (SSSR count). The molecule has 0 saturated heterocycles. The van der Waals surface area contributed by atoms with E-state index in [1.54, 1.807) is 6.08 Å². The van der Waals surface area contributed by atoms with Crippen LogP contribution in [-0.4, -0.2) is 13.2 Å². The van der Waals surface area contributed by atoms with Gasteiger partial charge in [-0.15, -0.1) is 0 Å². The quantitative estimate of drug-likeness (QED) is 0.345.